The first-order valence-electron chi connectivity index (χ1n) is 11.2. The van der Waals surface area contributed by atoms with Crippen molar-refractivity contribution in [2.75, 3.05) is 24.5 Å². The highest BCUT2D eigenvalue weighted by molar-refractivity contribution is 5.84. The third kappa shape index (κ3) is 4.97. The first-order valence-corrected chi connectivity index (χ1v) is 11.2. The van der Waals surface area contributed by atoms with Crippen LogP contribution in [-0.4, -0.2) is 44.3 Å². The topological polar surface area (TPSA) is 84.9 Å². The summed E-state index contributed by atoms with van der Waals surface area (Å²) in [4.78, 5) is 14.0. The maximum absolute atomic E-state index is 13.7. The zero-order valence-corrected chi connectivity index (χ0v) is 18.9. The average molecular weight is 489 g/mol. The Kier molecular flexibility index (Phi) is 6.13. The lowest BCUT2D eigenvalue weighted by atomic mass is 9.97. The number of hydrogen-bond acceptors (Lipinski definition) is 7. The Balaban J connectivity index is 1.13. The number of halogens is 4. The van der Waals surface area contributed by atoms with Crippen molar-refractivity contribution in [1.29, 1.82) is 0 Å². The predicted molar refractivity (Wildman–Crippen MR) is 120 cm³/mol. The molecule has 0 radical (unpaired) electrons. The van der Waals surface area contributed by atoms with Gasteiger partial charge in [-0.05, 0) is 49.1 Å². The van der Waals surface area contributed by atoms with Crippen molar-refractivity contribution in [3.8, 4) is 11.4 Å². The molecular weight excluding hydrogens is 466 g/mol. The van der Waals surface area contributed by atoms with Crippen LogP contribution in [0.25, 0.3) is 22.3 Å². The lowest BCUT2D eigenvalue weighted by Crippen LogP contribution is -2.38. The fourth-order valence-electron chi connectivity index (χ4n) is 4.39. The van der Waals surface area contributed by atoms with Gasteiger partial charge in [0.2, 0.25) is 11.8 Å². The minimum atomic E-state index is -4.70. The molecule has 4 heterocycles. The summed E-state index contributed by atoms with van der Waals surface area (Å²) in [6.45, 7) is 3.05. The molecule has 0 spiro atoms. The highest BCUT2D eigenvalue weighted by Gasteiger charge is 2.38. The highest BCUT2D eigenvalue weighted by Crippen LogP contribution is 2.29. The van der Waals surface area contributed by atoms with Crippen molar-refractivity contribution >= 4 is 16.9 Å². The second-order valence-corrected chi connectivity index (χ2v) is 8.68. The molecule has 0 atom stereocenters. The summed E-state index contributed by atoms with van der Waals surface area (Å²) >= 11 is 0. The molecule has 12 heteroatoms. The molecule has 4 aromatic rings. The number of hydrogen-bond donors (Lipinski definition) is 1. The van der Waals surface area contributed by atoms with E-state index in [-0.39, 0.29) is 17.2 Å². The zero-order valence-electron chi connectivity index (χ0n) is 18.9. The van der Waals surface area contributed by atoms with Crippen molar-refractivity contribution < 1.29 is 22.1 Å². The fourth-order valence-corrected chi connectivity index (χ4v) is 4.39. The van der Waals surface area contributed by atoms with Crippen LogP contribution >= 0.6 is 0 Å². The van der Waals surface area contributed by atoms with E-state index in [0.29, 0.717) is 18.4 Å². The maximum atomic E-state index is 13.7. The summed E-state index contributed by atoms with van der Waals surface area (Å²) in [5.41, 5.74) is 2.32. The third-order valence-electron chi connectivity index (χ3n) is 6.24. The SMILES string of the molecule is Cn1cc(CNCC2CCN(c3ncc(-c4noc(C(F)(F)F)n4)cn3)CC2)c2cc(F)ccc21. The van der Waals surface area contributed by atoms with Gasteiger partial charge in [0, 0.05) is 56.2 Å². The van der Waals surface area contributed by atoms with Crippen molar-refractivity contribution in [3.63, 3.8) is 0 Å². The lowest BCUT2D eigenvalue weighted by molar-refractivity contribution is -0.159. The van der Waals surface area contributed by atoms with Crippen LogP contribution in [0.15, 0.2) is 41.3 Å². The molecule has 0 saturated carbocycles. The Labute approximate surface area is 198 Å². The molecule has 0 unspecified atom stereocenters. The minimum Gasteiger partial charge on any atom is -0.350 e. The highest BCUT2D eigenvalue weighted by atomic mass is 19.4. The molecule has 5 rings (SSSR count). The molecule has 0 bridgehead atoms. The number of aryl methyl sites for hydroxylation is 1. The molecule has 3 aromatic heterocycles. The molecule has 1 aliphatic rings. The number of fused-ring (bicyclic) bond motifs is 1. The van der Waals surface area contributed by atoms with E-state index < -0.39 is 12.1 Å². The first kappa shape index (κ1) is 23.2. The summed E-state index contributed by atoms with van der Waals surface area (Å²) < 4.78 is 57.9. The Morgan fingerprint density at radius 1 is 1.14 bits per heavy atom. The first-order chi connectivity index (χ1) is 16.8. The molecule has 8 nitrogen and oxygen atoms in total. The summed E-state index contributed by atoms with van der Waals surface area (Å²) in [5, 5.41) is 7.77. The molecule has 1 fully saturated rings. The minimum absolute atomic E-state index is 0.206. The number of piperidine rings is 1. The van der Waals surface area contributed by atoms with Gasteiger partial charge in [-0.1, -0.05) is 5.16 Å². The molecular formula is C23H23F4N7O. The van der Waals surface area contributed by atoms with Gasteiger partial charge in [-0.2, -0.15) is 18.2 Å². The quantitative estimate of drug-likeness (QED) is 0.407. The monoisotopic (exact) mass is 489 g/mol. The summed E-state index contributed by atoms with van der Waals surface area (Å²) in [5.74, 6) is -0.853. The van der Waals surface area contributed by atoms with Gasteiger partial charge < -0.3 is 19.3 Å². The molecule has 35 heavy (non-hydrogen) atoms. The maximum Gasteiger partial charge on any atom is 0.471 e. The second-order valence-electron chi connectivity index (χ2n) is 8.68. The van der Waals surface area contributed by atoms with Gasteiger partial charge in [0.15, 0.2) is 0 Å². The van der Waals surface area contributed by atoms with Crippen LogP contribution in [0.3, 0.4) is 0 Å². The Bertz CT molecular complexity index is 1310. The predicted octanol–water partition coefficient (Wildman–Crippen LogP) is 4.18. The molecule has 1 aliphatic heterocycles. The van der Waals surface area contributed by atoms with Crippen LogP contribution < -0.4 is 10.2 Å². The largest absolute Gasteiger partial charge is 0.471 e. The molecule has 1 saturated heterocycles. The number of alkyl halides is 3. The molecule has 1 N–H and O–H groups in total. The van der Waals surface area contributed by atoms with E-state index in [1.165, 1.54) is 18.5 Å². The number of nitrogens with one attached hydrogen (secondary N) is 1. The van der Waals surface area contributed by atoms with Crippen molar-refractivity contribution in [1.82, 2.24) is 30.0 Å². The molecule has 0 amide bonds. The van der Waals surface area contributed by atoms with Gasteiger partial charge in [-0.25, -0.2) is 14.4 Å². The van der Waals surface area contributed by atoms with Crippen molar-refractivity contribution in [2.45, 2.75) is 25.6 Å². The van der Waals surface area contributed by atoms with E-state index in [1.54, 1.807) is 12.1 Å². The lowest BCUT2D eigenvalue weighted by Gasteiger charge is -2.32. The van der Waals surface area contributed by atoms with E-state index >= 15 is 0 Å². The second kappa shape index (κ2) is 9.25. The fraction of sp³-hybridized carbons (Fsp3) is 0.391. The molecule has 0 aliphatic carbocycles. The van der Waals surface area contributed by atoms with E-state index in [2.05, 4.69) is 29.9 Å². The van der Waals surface area contributed by atoms with Crippen LogP contribution in [0.2, 0.25) is 0 Å². The van der Waals surface area contributed by atoms with Crippen LogP contribution in [0, 0.1) is 11.7 Å². The van der Waals surface area contributed by atoms with Crippen LogP contribution in [0.1, 0.15) is 24.3 Å². The van der Waals surface area contributed by atoms with Crippen LogP contribution in [-0.2, 0) is 19.8 Å². The number of anilines is 1. The van der Waals surface area contributed by atoms with E-state index in [1.807, 2.05) is 22.7 Å². The van der Waals surface area contributed by atoms with Crippen LogP contribution in [0.5, 0.6) is 0 Å². The van der Waals surface area contributed by atoms with E-state index in [9.17, 15) is 17.6 Å². The van der Waals surface area contributed by atoms with Gasteiger partial charge in [0.05, 0.1) is 5.56 Å². The summed E-state index contributed by atoms with van der Waals surface area (Å²) in [6, 6.07) is 4.84. The number of rotatable bonds is 6. The Hall–Kier alpha value is -3.54. The Morgan fingerprint density at radius 2 is 1.89 bits per heavy atom. The average Bonchev–Trinajstić information content (AvgIpc) is 3.45. The molecule has 184 valence electrons. The van der Waals surface area contributed by atoms with E-state index in [0.717, 1.165) is 48.9 Å². The summed E-state index contributed by atoms with van der Waals surface area (Å²) in [6.07, 6.45) is 2.02. The van der Waals surface area contributed by atoms with Gasteiger partial charge >= 0.3 is 12.1 Å². The Morgan fingerprint density at radius 3 is 2.57 bits per heavy atom. The number of benzene rings is 1. The number of nitrogens with zero attached hydrogens (tertiary/aromatic N) is 6. The summed E-state index contributed by atoms with van der Waals surface area (Å²) in [7, 11) is 1.95. The van der Waals surface area contributed by atoms with Gasteiger partial charge in [0.25, 0.3) is 0 Å². The standard InChI is InChI=1S/C23H23F4N7O/c1-33-13-16(18-8-17(24)2-3-19(18)33)10-28-9-14-4-6-34(7-5-14)22-29-11-15(12-30-22)20-31-21(35-32-20)23(25,26)27/h2-3,8,11-14,28H,4-7,9-10H2,1H3. The van der Waals surface area contributed by atoms with Crippen molar-refractivity contribution in [2.24, 2.45) is 13.0 Å². The smallest absolute Gasteiger partial charge is 0.350 e. The molecule has 1 aromatic carbocycles. The van der Waals surface area contributed by atoms with Gasteiger partial charge in [-0.15, -0.1) is 0 Å². The third-order valence-corrected chi connectivity index (χ3v) is 6.24. The normalized spacial score (nSPS) is 15.3. The zero-order chi connectivity index (χ0) is 24.6. The number of aromatic nitrogens is 5. The van der Waals surface area contributed by atoms with Gasteiger partial charge in [-0.3, -0.25) is 0 Å². The van der Waals surface area contributed by atoms with E-state index in [4.69, 9.17) is 0 Å². The van der Waals surface area contributed by atoms with Crippen molar-refractivity contribution in [3.05, 3.63) is 54.1 Å². The van der Waals surface area contributed by atoms with Crippen LogP contribution in [0.4, 0.5) is 23.5 Å². The van der Waals surface area contributed by atoms with Gasteiger partial charge in [0.1, 0.15) is 5.82 Å².